The fourth-order valence-electron chi connectivity index (χ4n) is 10.3. The minimum atomic E-state index is -0.133. The van der Waals surface area contributed by atoms with E-state index in [1.165, 1.54) is 115 Å². The van der Waals surface area contributed by atoms with Crippen LogP contribution in [0.2, 0.25) is 0 Å². The lowest BCUT2D eigenvalue weighted by molar-refractivity contribution is 0.584. The molecule has 2 aliphatic rings. The zero-order chi connectivity index (χ0) is 36.9. The van der Waals surface area contributed by atoms with Gasteiger partial charge < -0.3 is 0 Å². The lowest BCUT2D eigenvalue weighted by Gasteiger charge is -2.25. The van der Waals surface area contributed by atoms with Crippen LogP contribution in [0.4, 0.5) is 0 Å². The monoisotopic (exact) mass is 692 g/mol. The van der Waals surface area contributed by atoms with Crippen molar-refractivity contribution in [3.8, 4) is 44.5 Å². The van der Waals surface area contributed by atoms with Gasteiger partial charge in [-0.3, -0.25) is 0 Å². The largest absolute Gasteiger partial charge is 0.0616 e. The molecular weight excluding hydrogens is 649 g/mol. The molecule has 0 radical (unpaired) electrons. The molecule has 0 saturated carbocycles. The van der Waals surface area contributed by atoms with E-state index in [9.17, 15) is 0 Å². The van der Waals surface area contributed by atoms with Gasteiger partial charge in [-0.2, -0.15) is 0 Å². The van der Waals surface area contributed by atoms with Crippen LogP contribution in [-0.2, 0) is 16.2 Å². The Hall–Kier alpha value is -5.72. The van der Waals surface area contributed by atoms with Crippen LogP contribution in [0, 0.1) is 0 Å². The third-order valence-electron chi connectivity index (χ3n) is 13.4. The summed E-state index contributed by atoms with van der Waals surface area (Å²) in [6.45, 7) is 16.6. The summed E-state index contributed by atoms with van der Waals surface area (Å²) >= 11 is 0. The van der Waals surface area contributed by atoms with E-state index in [0.717, 1.165) is 0 Å². The maximum absolute atomic E-state index is 2.49. The normalized spacial score (nSPS) is 15.2. The molecule has 0 unspecified atom stereocenters. The molecule has 54 heavy (non-hydrogen) atoms. The minimum Gasteiger partial charge on any atom is -0.0616 e. The Kier molecular flexibility index (Phi) is 6.17. The van der Waals surface area contributed by atoms with Gasteiger partial charge in [0.05, 0.1) is 0 Å². The van der Waals surface area contributed by atoms with Gasteiger partial charge >= 0.3 is 0 Å². The van der Waals surface area contributed by atoms with E-state index >= 15 is 0 Å². The van der Waals surface area contributed by atoms with Crippen LogP contribution in [0.25, 0.3) is 87.6 Å². The molecule has 0 atom stereocenters. The summed E-state index contributed by atoms with van der Waals surface area (Å²) in [6, 6.07) is 53.8. The van der Waals surface area contributed by atoms with Crippen LogP contribution in [-0.4, -0.2) is 0 Å². The summed E-state index contributed by atoms with van der Waals surface area (Å²) in [4.78, 5) is 0. The van der Waals surface area contributed by atoms with Crippen molar-refractivity contribution in [1.82, 2.24) is 0 Å². The zero-order valence-electron chi connectivity index (χ0n) is 32.3. The van der Waals surface area contributed by atoms with Gasteiger partial charge in [-0.15, -0.1) is 0 Å². The van der Waals surface area contributed by atoms with Crippen LogP contribution >= 0.6 is 0 Å². The predicted molar refractivity (Wildman–Crippen MR) is 232 cm³/mol. The van der Waals surface area contributed by atoms with Gasteiger partial charge in [0.2, 0.25) is 0 Å². The highest BCUT2D eigenvalue weighted by molar-refractivity contribution is 6.35. The quantitative estimate of drug-likeness (QED) is 0.125. The summed E-state index contributed by atoms with van der Waals surface area (Å²) in [7, 11) is 0. The Morgan fingerprint density at radius 2 is 0.815 bits per heavy atom. The van der Waals surface area contributed by atoms with E-state index < -0.39 is 0 Å². The van der Waals surface area contributed by atoms with Crippen molar-refractivity contribution in [2.24, 2.45) is 0 Å². The second-order valence-corrected chi connectivity index (χ2v) is 18.1. The average Bonchev–Trinajstić information content (AvgIpc) is 3.54. The van der Waals surface area contributed by atoms with Crippen LogP contribution in [0.3, 0.4) is 0 Å². The maximum atomic E-state index is 2.49. The lowest BCUT2D eigenvalue weighted by Crippen LogP contribution is -2.17. The van der Waals surface area contributed by atoms with E-state index in [-0.39, 0.29) is 16.2 Å². The number of fused-ring (bicyclic) bond motifs is 9. The summed E-state index contributed by atoms with van der Waals surface area (Å²) < 4.78 is 0. The van der Waals surface area contributed by atoms with E-state index in [4.69, 9.17) is 0 Å². The minimum absolute atomic E-state index is 0.0528. The van der Waals surface area contributed by atoms with Crippen molar-refractivity contribution >= 4 is 43.1 Å². The molecule has 0 amide bonds. The highest BCUT2D eigenvalue weighted by atomic mass is 14.4. The Bertz CT molecular complexity index is 3070. The fraction of sp³-hybridized carbons (Fsp3) is 0.185. The SMILES string of the molecule is CC(C)(C)c1ccc2c(c1)C(C)(C)c1cc(-c3ccc4c(c3)C(C)(C)c3cc(-c5ccc6c7ccccc7c7cccc8ccc5c6c87)ccc3-4)ccc1-2. The first kappa shape index (κ1) is 31.8. The van der Waals surface area contributed by atoms with Crippen LogP contribution < -0.4 is 0 Å². The standard InChI is InChI=1S/C54H44/c1-52(2,3)35-19-24-42-40-21-17-33(28-47(40)54(6,7)49(42)30-35)32-16-20-39-41-22-18-34(29-48(41)53(4,5)46(39)27-32)36-25-26-45-38-13-9-8-12-37(38)43-14-10-11-31-15-23-44(36)51(45)50(31)43/h8-30H,1-7H3. The summed E-state index contributed by atoms with van der Waals surface area (Å²) in [6.07, 6.45) is 0. The smallest absolute Gasteiger partial charge is 0.0159 e. The first-order chi connectivity index (χ1) is 25.9. The molecule has 11 rings (SSSR count). The van der Waals surface area contributed by atoms with E-state index in [0.29, 0.717) is 0 Å². The number of hydrogen-bond donors (Lipinski definition) is 0. The van der Waals surface area contributed by atoms with Gasteiger partial charge in [0, 0.05) is 10.8 Å². The number of benzene rings is 9. The lowest BCUT2D eigenvalue weighted by atomic mass is 9.78. The first-order valence-corrected chi connectivity index (χ1v) is 19.6. The molecule has 0 aromatic heterocycles. The highest BCUT2D eigenvalue weighted by Gasteiger charge is 2.38. The van der Waals surface area contributed by atoms with Crippen LogP contribution in [0.1, 0.15) is 76.3 Å². The van der Waals surface area contributed by atoms with Crippen molar-refractivity contribution < 1.29 is 0 Å². The first-order valence-electron chi connectivity index (χ1n) is 19.6. The average molecular weight is 693 g/mol. The molecule has 0 nitrogen and oxygen atoms in total. The van der Waals surface area contributed by atoms with E-state index in [1.54, 1.807) is 0 Å². The Labute approximate surface area is 318 Å². The Morgan fingerprint density at radius 1 is 0.352 bits per heavy atom. The van der Waals surface area contributed by atoms with Crippen molar-refractivity contribution in [2.75, 3.05) is 0 Å². The topological polar surface area (TPSA) is 0 Å². The van der Waals surface area contributed by atoms with E-state index in [2.05, 4.69) is 188 Å². The second kappa shape index (κ2) is 10.5. The molecule has 0 aliphatic heterocycles. The van der Waals surface area contributed by atoms with Crippen molar-refractivity contribution in [1.29, 1.82) is 0 Å². The molecule has 0 N–H and O–H groups in total. The predicted octanol–water partition coefficient (Wildman–Crippen LogP) is 15.0. The molecule has 0 spiro atoms. The number of hydrogen-bond acceptors (Lipinski definition) is 0. The Morgan fingerprint density at radius 3 is 1.41 bits per heavy atom. The van der Waals surface area contributed by atoms with Gasteiger partial charge in [0.15, 0.2) is 0 Å². The zero-order valence-corrected chi connectivity index (χ0v) is 32.3. The molecule has 2 aliphatic carbocycles. The van der Waals surface area contributed by atoms with Crippen molar-refractivity contribution in [2.45, 2.75) is 64.7 Å². The third kappa shape index (κ3) is 4.15. The van der Waals surface area contributed by atoms with Crippen LogP contribution in [0.5, 0.6) is 0 Å². The second-order valence-electron chi connectivity index (χ2n) is 18.1. The molecule has 0 heterocycles. The van der Waals surface area contributed by atoms with Gasteiger partial charge in [-0.1, -0.05) is 170 Å². The molecule has 9 aromatic rings. The van der Waals surface area contributed by atoms with Gasteiger partial charge in [-0.05, 0) is 139 Å². The molecule has 0 fully saturated rings. The summed E-state index contributed by atoms with van der Waals surface area (Å²) in [5.74, 6) is 0. The molecule has 0 saturated heterocycles. The summed E-state index contributed by atoms with van der Waals surface area (Å²) in [5.41, 5.74) is 17.7. The molecular formula is C54H44. The molecule has 260 valence electrons. The van der Waals surface area contributed by atoms with Crippen LogP contribution in [0.15, 0.2) is 140 Å². The van der Waals surface area contributed by atoms with Crippen molar-refractivity contribution in [3.63, 3.8) is 0 Å². The van der Waals surface area contributed by atoms with E-state index in [1.807, 2.05) is 0 Å². The fourth-order valence-corrected chi connectivity index (χ4v) is 10.3. The maximum Gasteiger partial charge on any atom is 0.0159 e. The van der Waals surface area contributed by atoms with Crippen molar-refractivity contribution in [3.05, 3.63) is 167 Å². The van der Waals surface area contributed by atoms with Gasteiger partial charge in [0.25, 0.3) is 0 Å². The van der Waals surface area contributed by atoms with Gasteiger partial charge in [-0.25, -0.2) is 0 Å². The third-order valence-corrected chi connectivity index (χ3v) is 13.4. The summed E-state index contributed by atoms with van der Waals surface area (Å²) in [5, 5.41) is 10.7. The number of rotatable bonds is 2. The molecule has 0 bridgehead atoms. The Balaban J connectivity index is 1.01. The molecule has 9 aromatic carbocycles. The molecule has 0 heteroatoms. The van der Waals surface area contributed by atoms with Gasteiger partial charge in [0.1, 0.15) is 0 Å². The highest BCUT2D eigenvalue weighted by Crippen LogP contribution is 2.54.